The van der Waals surface area contributed by atoms with Gasteiger partial charge in [-0.05, 0) is 36.4 Å². The normalized spacial score (nSPS) is 15.8. The van der Waals surface area contributed by atoms with Gasteiger partial charge in [0.15, 0.2) is 0 Å². The lowest BCUT2D eigenvalue weighted by Crippen LogP contribution is -2.13. The van der Waals surface area contributed by atoms with Crippen LogP contribution in [0.2, 0.25) is 0 Å². The van der Waals surface area contributed by atoms with Crippen molar-refractivity contribution in [3.63, 3.8) is 0 Å². The molecule has 4 rings (SSSR count). The zero-order chi connectivity index (χ0) is 18.7. The molecule has 0 saturated carbocycles. The van der Waals surface area contributed by atoms with Crippen molar-refractivity contribution in [1.29, 1.82) is 0 Å². The Bertz CT molecular complexity index is 1010. The molecule has 7 heteroatoms. The number of aromatic amines is 1. The Morgan fingerprint density at radius 3 is 2.00 bits per heavy atom. The molecule has 0 fully saturated rings. The molecule has 136 valence electrons. The Morgan fingerprint density at radius 2 is 1.41 bits per heavy atom. The van der Waals surface area contributed by atoms with Gasteiger partial charge in [-0.2, -0.15) is 0 Å². The van der Waals surface area contributed by atoms with E-state index in [0.29, 0.717) is 17.2 Å². The smallest absolute Gasteiger partial charge is 0.415 e. The summed E-state index contributed by atoms with van der Waals surface area (Å²) in [6, 6.07) is 17.9. The Balaban J connectivity index is 1.70. The number of hydrogen-bond acceptors (Lipinski definition) is 5. The Hall–Kier alpha value is -2.82. The molecule has 0 radical (unpaired) electrons. The van der Waals surface area contributed by atoms with Gasteiger partial charge in [0.25, 0.3) is 0 Å². The molecule has 1 aromatic heterocycles. The molecule has 0 saturated heterocycles. The first-order chi connectivity index (χ1) is 13.1. The van der Waals surface area contributed by atoms with Gasteiger partial charge in [0.2, 0.25) is 0 Å². The molecule has 1 N–H and O–H groups in total. The maximum absolute atomic E-state index is 13.8. The lowest BCUT2D eigenvalue weighted by atomic mass is 10.3. The highest BCUT2D eigenvalue weighted by Gasteiger charge is 2.37. The minimum absolute atomic E-state index is 0.128. The largest absolute Gasteiger partial charge is 0.441 e. The summed E-state index contributed by atoms with van der Waals surface area (Å²) < 4.78 is 25.5. The van der Waals surface area contributed by atoms with Gasteiger partial charge in [0, 0.05) is 0 Å². The van der Waals surface area contributed by atoms with Crippen LogP contribution in [0.4, 0.5) is 0 Å². The van der Waals surface area contributed by atoms with E-state index in [1.54, 1.807) is 48.6 Å². The third-order valence-electron chi connectivity index (χ3n) is 3.93. The summed E-state index contributed by atoms with van der Waals surface area (Å²) in [5.41, 5.74) is 0.0794. The van der Waals surface area contributed by atoms with Crippen molar-refractivity contribution in [2.45, 2.75) is 5.66 Å². The van der Waals surface area contributed by atoms with Crippen LogP contribution in [0.3, 0.4) is 0 Å². The predicted molar refractivity (Wildman–Crippen MR) is 109 cm³/mol. The van der Waals surface area contributed by atoms with Gasteiger partial charge in [0.1, 0.15) is 17.2 Å². The molecule has 27 heavy (non-hydrogen) atoms. The van der Waals surface area contributed by atoms with E-state index in [0.717, 1.165) is 16.2 Å². The minimum atomic E-state index is -3.64. The van der Waals surface area contributed by atoms with Crippen LogP contribution in [0, 0.1) is 0 Å². The number of thiazole rings is 1. The highest BCUT2D eigenvalue weighted by atomic mass is 32.1. The summed E-state index contributed by atoms with van der Waals surface area (Å²) in [7, 11) is -3.64. The van der Waals surface area contributed by atoms with E-state index in [1.165, 1.54) is 0 Å². The molecule has 1 atom stereocenters. The van der Waals surface area contributed by atoms with Gasteiger partial charge in [-0.15, -0.1) is 0 Å². The van der Waals surface area contributed by atoms with E-state index in [9.17, 15) is 9.36 Å². The first kappa shape index (κ1) is 17.6. The highest BCUT2D eigenvalue weighted by molar-refractivity contribution is 7.56. The number of rotatable bonds is 5. The average molecular weight is 397 g/mol. The van der Waals surface area contributed by atoms with Crippen LogP contribution in [-0.4, -0.2) is 10.6 Å². The van der Waals surface area contributed by atoms with Crippen molar-refractivity contribution in [3.8, 4) is 11.5 Å². The molecule has 1 heterocycles. The van der Waals surface area contributed by atoms with Gasteiger partial charge in [-0.25, -0.2) is 4.57 Å². The molecular weight excluding hydrogens is 381 g/mol. The van der Waals surface area contributed by atoms with E-state index in [-0.39, 0.29) is 4.87 Å². The van der Waals surface area contributed by atoms with E-state index in [1.807, 2.05) is 36.4 Å². The number of H-pyrrole nitrogens is 1. The Kier molecular flexibility index (Phi) is 4.84. The fourth-order valence-corrected chi connectivity index (χ4v) is 5.09. The van der Waals surface area contributed by atoms with Crippen molar-refractivity contribution >= 4 is 31.1 Å². The van der Waals surface area contributed by atoms with Crippen LogP contribution in [0.25, 0.3) is 12.2 Å². The molecular formula is C20H16NO4PS. The standard InChI is InChI=1S/C20H16NO4PS/c22-20-21-18-13-11-17(12-14-19(18)27-20)26(23,24-15-7-3-1-4-8-15)25-16-9-5-2-6-10-16/h1-14,17H,(H,21,22). The third kappa shape index (κ3) is 3.97. The Labute approximate surface area is 160 Å². The monoisotopic (exact) mass is 397 g/mol. The van der Waals surface area contributed by atoms with E-state index in [2.05, 4.69) is 4.98 Å². The SMILES string of the molecule is O=c1[nH]c2c(s1)C=CC(P(=O)(Oc1ccccc1)Oc1ccccc1)C=C2. The third-order valence-corrected chi connectivity index (χ3v) is 6.80. The van der Waals surface area contributed by atoms with Crippen LogP contribution in [0.15, 0.2) is 77.6 Å². The van der Waals surface area contributed by atoms with Gasteiger partial charge >= 0.3 is 12.5 Å². The lowest BCUT2D eigenvalue weighted by molar-refractivity contribution is 0.383. The quantitative estimate of drug-likeness (QED) is 0.601. The molecule has 0 spiro atoms. The molecule has 1 unspecified atom stereocenters. The fraction of sp³-hybridized carbons (Fsp3) is 0.0500. The number of benzene rings is 2. The second kappa shape index (κ2) is 7.43. The van der Waals surface area contributed by atoms with Crippen molar-refractivity contribution in [1.82, 2.24) is 4.98 Å². The summed E-state index contributed by atoms with van der Waals surface area (Å²) in [6.45, 7) is 0. The summed E-state index contributed by atoms with van der Waals surface area (Å²) in [5.74, 6) is 0.928. The van der Waals surface area contributed by atoms with E-state index >= 15 is 0 Å². The molecule has 5 nitrogen and oxygen atoms in total. The molecule has 0 aliphatic heterocycles. The van der Waals surface area contributed by atoms with Crippen LogP contribution in [-0.2, 0) is 4.57 Å². The van der Waals surface area contributed by atoms with Gasteiger partial charge < -0.3 is 14.0 Å². The summed E-state index contributed by atoms with van der Waals surface area (Å²) in [6.07, 6.45) is 7.00. The van der Waals surface area contributed by atoms with E-state index in [4.69, 9.17) is 9.05 Å². The molecule has 1 aliphatic carbocycles. The summed E-state index contributed by atoms with van der Waals surface area (Å²) in [4.78, 5) is 14.9. The number of nitrogens with one attached hydrogen (secondary N) is 1. The number of aromatic nitrogens is 1. The van der Waals surface area contributed by atoms with Crippen molar-refractivity contribution in [2.75, 3.05) is 0 Å². The first-order valence-electron chi connectivity index (χ1n) is 8.31. The second-order valence-electron chi connectivity index (χ2n) is 5.85. The van der Waals surface area contributed by atoms with Gasteiger partial charge in [0.05, 0.1) is 10.6 Å². The first-order valence-corrected chi connectivity index (χ1v) is 10.7. The predicted octanol–water partition coefficient (Wildman–Crippen LogP) is 5.20. The number of para-hydroxylation sites is 2. The molecule has 1 aliphatic rings. The van der Waals surface area contributed by atoms with Gasteiger partial charge in [-0.3, -0.25) is 4.79 Å². The highest BCUT2D eigenvalue weighted by Crippen LogP contribution is 2.54. The lowest BCUT2D eigenvalue weighted by Gasteiger charge is -2.23. The molecule has 2 aromatic carbocycles. The molecule has 0 amide bonds. The molecule has 0 bridgehead atoms. The second-order valence-corrected chi connectivity index (χ2v) is 8.91. The molecule has 3 aromatic rings. The van der Waals surface area contributed by atoms with Crippen molar-refractivity contribution < 1.29 is 13.6 Å². The van der Waals surface area contributed by atoms with Crippen LogP contribution in [0.5, 0.6) is 11.5 Å². The number of hydrogen-bond donors (Lipinski definition) is 1. The van der Waals surface area contributed by atoms with Crippen molar-refractivity contribution in [2.24, 2.45) is 0 Å². The fourth-order valence-electron chi connectivity index (χ4n) is 2.65. The maximum Gasteiger partial charge on any atom is 0.441 e. The van der Waals surface area contributed by atoms with Gasteiger partial charge in [-0.1, -0.05) is 59.9 Å². The number of fused-ring (bicyclic) bond motifs is 1. The Morgan fingerprint density at radius 1 is 0.852 bits per heavy atom. The van der Waals surface area contributed by atoms with E-state index < -0.39 is 13.3 Å². The van der Waals surface area contributed by atoms with Crippen LogP contribution >= 0.6 is 18.9 Å². The van der Waals surface area contributed by atoms with Crippen molar-refractivity contribution in [3.05, 3.63) is 93.1 Å². The number of allylic oxidation sites excluding steroid dienone is 2. The summed E-state index contributed by atoms with van der Waals surface area (Å²) >= 11 is 1.10. The zero-order valence-corrected chi connectivity index (χ0v) is 15.9. The minimum Gasteiger partial charge on any atom is -0.415 e. The zero-order valence-electron chi connectivity index (χ0n) is 14.1. The van der Waals surface area contributed by atoms with Crippen LogP contribution < -0.4 is 13.9 Å². The average Bonchev–Trinajstić information content (AvgIpc) is 2.90. The topological polar surface area (TPSA) is 68.4 Å². The summed E-state index contributed by atoms with van der Waals surface area (Å²) in [5, 5.41) is 0. The van der Waals surface area contributed by atoms with Crippen LogP contribution in [0.1, 0.15) is 10.6 Å². The maximum atomic E-state index is 13.8.